The van der Waals surface area contributed by atoms with E-state index in [9.17, 15) is 13.5 Å². The number of aliphatic hydroxyl groups is 1. The third kappa shape index (κ3) is 3.34. The minimum Gasteiger partial charge on any atom is -0.393 e. The van der Waals surface area contributed by atoms with E-state index in [4.69, 9.17) is 11.6 Å². The molecular weight excluding hydrogens is 298 g/mol. The van der Waals surface area contributed by atoms with E-state index in [0.717, 1.165) is 0 Å². The van der Waals surface area contributed by atoms with Crippen LogP contribution in [0.1, 0.15) is 31.7 Å². The normalized spacial score (nSPS) is 24.2. The molecule has 1 aliphatic rings. The number of sulfonamides is 1. The van der Waals surface area contributed by atoms with Gasteiger partial charge in [-0.1, -0.05) is 18.5 Å². The summed E-state index contributed by atoms with van der Waals surface area (Å²) in [5.74, 6) is 0.220. The van der Waals surface area contributed by atoms with Crippen LogP contribution in [0.25, 0.3) is 0 Å². The van der Waals surface area contributed by atoms with E-state index >= 15 is 0 Å². The maximum atomic E-state index is 12.4. The maximum absolute atomic E-state index is 12.4. The summed E-state index contributed by atoms with van der Waals surface area (Å²) < 4.78 is 27.6. The van der Waals surface area contributed by atoms with Crippen molar-refractivity contribution in [3.8, 4) is 0 Å². The van der Waals surface area contributed by atoms with Gasteiger partial charge in [-0.05, 0) is 55.9 Å². The smallest absolute Gasteiger partial charge is 0.241 e. The Morgan fingerprint density at radius 2 is 2.10 bits per heavy atom. The van der Waals surface area contributed by atoms with Crippen LogP contribution in [0.15, 0.2) is 23.1 Å². The summed E-state index contributed by atoms with van der Waals surface area (Å²) in [7, 11) is -3.55. The van der Waals surface area contributed by atoms with Crippen molar-refractivity contribution in [2.75, 3.05) is 0 Å². The molecule has 1 atom stereocenters. The monoisotopic (exact) mass is 317 g/mol. The molecule has 2 N–H and O–H groups in total. The van der Waals surface area contributed by atoms with Crippen LogP contribution < -0.4 is 4.72 Å². The number of aryl methyl sites for hydroxylation is 1. The molecule has 1 aliphatic carbocycles. The van der Waals surface area contributed by atoms with Crippen molar-refractivity contribution in [3.05, 3.63) is 28.8 Å². The number of hydrogen-bond acceptors (Lipinski definition) is 3. The lowest BCUT2D eigenvalue weighted by atomic mass is 9.77. The molecule has 6 heteroatoms. The van der Waals surface area contributed by atoms with Gasteiger partial charge >= 0.3 is 0 Å². The van der Waals surface area contributed by atoms with Gasteiger partial charge in [-0.25, -0.2) is 13.1 Å². The largest absolute Gasteiger partial charge is 0.393 e. The Hall–Kier alpha value is -0.620. The molecule has 112 valence electrons. The average Bonchev–Trinajstić information content (AvgIpc) is 2.32. The van der Waals surface area contributed by atoms with E-state index in [1.165, 1.54) is 6.07 Å². The molecule has 0 bridgehead atoms. The summed E-state index contributed by atoms with van der Waals surface area (Å²) in [6.45, 7) is 3.68. The van der Waals surface area contributed by atoms with E-state index in [1.807, 2.05) is 6.92 Å². The predicted octanol–water partition coefficient (Wildman–Crippen LogP) is 2.48. The highest BCUT2D eigenvalue weighted by molar-refractivity contribution is 7.89. The predicted molar refractivity (Wildman–Crippen MR) is 79.3 cm³/mol. The van der Waals surface area contributed by atoms with Crippen LogP contribution in [-0.2, 0) is 10.0 Å². The number of nitrogens with one attached hydrogen (secondary N) is 1. The van der Waals surface area contributed by atoms with E-state index in [2.05, 4.69) is 4.72 Å². The number of hydrogen-bond donors (Lipinski definition) is 2. The van der Waals surface area contributed by atoms with Crippen LogP contribution in [-0.4, -0.2) is 25.7 Å². The van der Waals surface area contributed by atoms with Crippen molar-refractivity contribution in [3.63, 3.8) is 0 Å². The molecule has 1 saturated carbocycles. The Balaban J connectivity index is 2.17. The van der Waals surface area contributed by atoms with Gasteiger partial charge in [0.2, 0.25) is 10.0 Å². The zero-order chi connectivity index (χ0) is 14.9. The van der Waals surface area contributed by atoms with Crippen LogP contribution in [0.4, 0.5) is 0 Å². The van der Waals surface area contributed by atoms with E-state index < -0.39 is 10.0 Å². The van der Waals surface area contributed by atoms with Crippen molar-refractivity contribution < 1.29 is 13.5 Å². The fourth-order valence-corrected chi connectivity index (χ4v) is 4.49. The third-order valence-corrected chi connectivity index (χ3v) is 5.78. The molecule has 1 aromatic carbocycles. The molecule has 0 heterocycles. The van der Waals surface area contributed by atoms with Gasteiger partial charge < -0.3 is 5.11 Å². The first kappa shape index (κ1) is 15.8. The van der Waals surface area contributed by atoms with Crippen molar-refractivity contribution in [1.29, 1.82) is 0 Å². The molecule has 4 nitrogen and oxygen atoms in total. The Kier molecular flexibility index (Phi) is 4.74. The summed E-state index contributed by atoms with van der Waals surface area (Å²) in [5, 5.41) is 9.88. The first-order valence-corrected chi connectivity index (χ1v) is 8.66. The number of aliphatic hydroxyl groups excluding tert-OH is 1. The van der Waals surface area contributed by atoms with Gasteiger partial charge in [0, 0.05) is 11.1 Å². The average molecular weight is 318 g/mol. The molecule has 1 aromatic rings. The van der Waals surface area contributed by atoms with E-state index in [0.29, 0.717) is 29.8 Å². The molecule has 0 spiro atoms. The van der Waals surface area contributed by atoms with Gasteiger partial charge in [0.15, 0.2) is 0 Å². The number of rotatable bonds is 5. The Morgan fingerprint density at radius 1 is 1.45 bits per heavy atom. The second-order valence-electron chi connectivity index (χ2n) is 5.43. The van der Waals surface area contributed by atoms with Gasteiger partial charge in [0.1, 0.15) is 0 Å². The second-order valence-corrected chi connectivity index (χ2v) is 7.55. The van der Waals surface area contributed by atoms with Crippen LogP contribution in [0, 0.1) is 12.8 Å². The first-order valence-electron chi connectivity index (χ1n) is 6.80. The molecule has 1 fully saturated rings. The standard InChI is InChI=1S/C14H20ClNO3S/c1-3-13(10-7-12(17)8-10)16-20(18,19)14-5-4-11(15)6-9(14)2/h4-6,10,12-13,16-17H,3,7-8H2,1-2H3/t10?,12?,13-/m1/s1. The summed E-state index contributed by atoms with van der Waals surface area (Å²) in [6.07, 6.45) is 1.76. The highest BCUT2D eigenvalue weighted by atomic mass is 35.5. The zero-order valence-electron chi connectivity index (χ0n) is 11.6. The molecule has 20 heavy (non-hydrogen) atoms. The zero-order valence-corrected chi connectivity index (χ0v) is 13.2. The lowest BCUT2D eigenvalue weighted by Crippen LogP contribution is -2.46. The Morgan fingerprint density at radius 3 is 2.60 bits per heavy atom. The van der Waals surface area contributed by atoms with Gasteiger partial charge in [-0.2, -0.15) is 0 Å². The molecule has 0 saturated heterocycles. The number of halogens is 1. The van der Waals surface area contributed by atoms with Crippen molar-refractivity contribution >= 4 is 21.6 Å². The molecule has 0 radical (unpaired) electrons. The fraction of sp³-hybridized carbons (Fsp3) is 0.571. The van der Waals surface area contributed by atoms with Crippen molar-refractivity contribution in [2.45, 2.75) is 50.2 Å². The Bertz CT molecular complexity index is 582. The summed E-state index contributed by atoms with van der Waals surface area (Å²) >= 11 is 5.86. The van der Waals surface area contributed by atoms with E-state index in [1.54, 1.807) is 19.1 Å². The van der Waals surface area contributed by atoms with Crippen LogP contribution in [0.3, 0.4) is 0 Å². The molecule has 0 amide bonds. The highest BCUT2D eigenvalue weighted by Crippen LogP contribution is 2.32. The second kappa shape index (κ2) is 6.02. The summed E-state index contributed by atoms with van der Waals surface area (Å²) in [6, 6.07) is 4.63. The minimum absolute atomic E-state index is 0.126. The van der Waals surface area contributed by atoms with Crippen molar-refractivity contribution in [2.24, 2.45) is 5.92 Å². The molecule has 0 aromatic heterocycles. The number of benzene rings is 1. The van der Waals surface area contributed by atoms with Gasteiger partial charge in [0.25, 0.3) is 0 Å². The lowest BCUT2D eigenvalue weighted by molar-refractivity contribution is 0.0277. The molecule has 0 unspecified atom stereocenters. The highest BCUT2D eigenvalue weighted by Gasteiger charge is 2.35. The fourth-order valence-electron chi connectivity index (χ4n) is 2.65. The lowest BCUT2D eigenvalue weighted by Gasteiger charge is -2.37. The van der Waals surface area contributed by atoms with Crippen molar-refractivity contribution in [1.82, 2.24) is 4.72 Å². The topological polar surface area (TPSA) is 66.4 Å². The Labute approximate surface area is 125 Å². The van der Waals surface area contributed by atoms with Gasteiger partial charge in [-0.3, -0.25) is 0 Å². The third-order valence-electron chi connectivity index (χ3n) is 3.89. The van der Waals surface area contributed by atoms with E-state index in [-0.39, 0.29) is 23.0 Å². The van der Waals surface area contributed by atoms with Gasteiger partial charge in [-0.15, -0.1) is 0 Å². The molecule has 0 aliphatic heterocycles. The maximum Gasteiger partial charge on any atom is 0.241 e. The first-order chi connectivity index (χ1) is 9.33. The summed E-state index contributed by atoms with van der Waals surface area (Å²) in [4.78, 5) is 0.264. The SMILES string of the molecule is CC[C@@H](NS(=O)(=O)c1ccc(Cl)cc1C)C1CC(O)C1. The minimum atomic E-state index is -3.55. The van der Waals surface area contributed by atoms with Crippen LogP contribution in [0.2, 0.25) is 5.02 Å². The van der Waals surface area contributed by atoms with Gasteiger partial charge in [0.05, 0.1) is 11.0 Å². The summed E-state index contributed by atoms with van der Waals surface area (Å²) in [5.41, 5.74) is 0.633. The molecular formula is C14H20ClNO3S. The quantitative estimate of drug-likeness (QED) is 0.876. The van der Waals surface area contributed by atoms with Crippen LogP contribution >= 0.6 is 11.6 Å². The molecule has 2 rings (SSSR count). The van der Waals surface area contributed by atoms with Crippen LogP contribution in [0.5, 0.6) is 0 Å².